The minimum Gasteiger partial charge on any atom is -0.620 e. The number of pyridine rings is 1. The van der Waals surface area contributed by atoms with E-state index in [1.54, 1.807) is 7.05 Å². The van der Waals surface area contributed by atoms with Crippen molar-refractivity contribution in [3.63, 3.8) is 0 Å². The normalized spacial score (nSPS) is 16.9. The molecule has 0 atom stereocenters. The standard InChI is InChI=1S/C27H24F5N6.Y/c1-16-23(28)18(12-20(24(16)29)27(30,31)32)25-19-14-33-22(13-21(19)36(2)35-25)38-11-10-37(15-26(38)8-9-26)34-17-6-4-3-5-7-17;/h3-7,12-14H,8-11,15H2,1-2H3;/q-1;. The molecule has 3 heterocycles. The van der Waals surface area contributed by atoms with Crippen LogP contribution in [-0.4, -0.2) is 44.9 Å². The first-order valence-electron chi connectivity index (χ1n) is 12.3. The van der Waals surface area contributed by atoms with Crippen molar-refractivity contribution >= 4 is 22.4 Å². The SMILES string of the molecule is Cc1c(F)c(-c2nn(C)c3cc(N4CCN([N-]c5ccccc5)CC45CC5)ncc23)cc(C(F)(F)F)c1F.[Y]. The molecule has 1 saturated carbocycles. The Morgan fingerprint density at radius 3 is 2.38 bits per heavy atom. The zero-order chi connectivity index (χ0) is 26.8. The molecule has 6 rings (SSSR count). The first-order chi connectivity index (χ1) is 18.1. The Labute approximate surface area is 247 Å². The average molecular weight is 616 g/mol. The number of anilines is 1. The van der Waals surface area contributed by atoms with Gasteiger partial charge in [-0.1, -0.05) is 30.3 Å². The van der Waals surface area contributed by atoms with Crippen LogP contribution in [0.5, 0.6) is 0 Å². The molecule has 0 amide bonds. The van der Waals surface area contributed by atoms with Gasteiger partial charge in [0.25, 0.3) is 0 Å². The van der Waals surface area contributed by atoms with Crippen LogP contribution in [0.1, 0.15) is 24.0 Å². The van der Waals surface area contributed by atoms with E-state index in [0.717, 1.165) is 37.8 Å². The quantitative estimate of drug-likeness (QED) is 0.246. The van der Waals surface area contributed by atoms with Crippen LogP contribution in [0, 0.1) is 18.6 Å². The van der Waals surface area contributed by atoms with E-state index < -0.39 is 34.5 Å². The molecule has 1 spiro atoms. The summed E-state index contributed by atoms with van der Waals surface area (Å²) in [5, 5.41) is 6.78. The fraction of sp³-hybridized carbons (Fsp3) is 0.333. The number of nitrogens with zero attached hydrogens (tertiary/aromatic N) is 6. The number of hydrogen-bond donors (Lipinski definition) is 0. The second kappa shape index (κ2) is 10.1. The van der Waals surface area contributed by atoms with Crippen LogP contribution in [0.15, 0.2) is 48.7 Å². The topological polar surface area (TPSA) is 51.3 Å². The zero-order valence-electron chi connectivity index (χ0n) is 21.3. The van der Waals surface area contributed by atoms with Crippen molar-refractivity contribution in [3.8, 4) is 11.3 Å². The summed E-state index contributed by atoms with van der Waals surface area (Å²) in [5.74, 6) is -1.97. The van der Waals surface area contributed by atoms with Gasteiger partial charge in [-0.25, -0.2) is 13.8 Å². The summed E-state index contributed by atoms with van der Waals surface area (Å²) >= 11 is 0. The minimum absolute atomic E-state index is 0. The van der Waals surface area contributed by atoms with Crippen molar-refractivity contribution in [1.82, 2.24) is 19.8 Å². The Bertz CT molecular complexity index is 1530. The molecule has 201 valence electrons. The zero-order valence-corrected chi connectivity index (χ0v) is 24.1. The number of halogens is 5. The monoisotopic (exact) mass is 616 g/mol. The van der Waals surface area contributed by atoms with Crippen molar-refractivity contribution in [2.24, 2.45) is 7.05 Å². The minimum atomic E-state index is -4.97. The van der Waals surface area contributed by atoms with Crippen molar-refractivity contribution in [1.29, 1.82) is 0 Å². The van der Waals surface area contributed by atoms with Crippen molar-refractivity contribution < 1.29 is 54.7 Å². The van der Waals surface area contributed by atoms with Gasteiger partial charge in [-0.2, -0.15) is 18.3 Å². The molecule has 12 heteroatoms. The van der Waals surface area contributed by atoms with Gasteiger partial charge < -0.3 is 15.3 Å². The van der Waals surface area contributed by atoms with E-state index in [1.165, 1.54) is 10.9 Å². The molecule has 2 aromatic heterocycles. The Morgan fingerprint density at radius 2 is 1.72 bits per heavy atom. The van der Waals surface area contributed by atoms with Crippen LogP contribution >= 0.6 is 0 Å². The maximum atomic E-state index is 15.0. The second-order valence-corrected chi connectivity index (χ2v) is 9.95. The van der Waals surface area contributed by atoms with E-state index in [2.05, 4.69) is 20.0 Å². The molecule has 0 bridgehead atoms. The third-order valence-electron chi connectivity index (χ3n) is 7.45. The van der Waals surface area contributed by atoms with E-state index in [4.69, 9.17) is 5.43 Å². The van der Waals surface area contributed by atoms with Crippen LogP contribution in [0.25, 0.3) is 27.6 Å². The molecular weight excluding hydrogens is 592 g/mol. The molecule has 4 aromatic rings. The molecule has 1 radical (unpaired) electrons. The molecule has 6 nitrogen and oxygen atoms in total. The first kappa shape index (κ1) is 27.9. The molecule has 2 aliphatic rings. The van der Waals surface area contributed by atoms with Gasteiger partial charge >= 0.3 is 6.18 Å². The fourth-order valence-corrected chi connectivity index (χ4v) is 5.27. The van der Waals surface area contributed by atoms with Crippen molar-refractivity contribution in [2.45, 2.75) is 31.5 Å². The number of alkyl halides is 3. The molecule has 1 aliphatic heterocycles. The molecule has 2 aromatic carbocycles. The third-order valence-corrected chi connectivity index (χ3v) is 7.45. The van der Waals surface area contributed by atoms with Crippen LogP contribution in [-0.2, 0) is 45.9 Å². The number of aromatic nitrogens is 3. The number of rotatable bonds is 4. The Kier molecular flexibility index (Phi) is 7.22. The molecule has 1 saturated heterocycles. The predicted octanol–water partition coefficient (Wildman–Crippen LogP) is 6.51. The van der Waals surface area contributed by atoms with Gasteiger partial charge in [0, 0.05) is 88.2 Å². The molecule has 2 fully saturated rings. The Hall–Kier alpha value is -2.63. The second-order valence-electron chi connectivity index (χ2n) is 9.95. The van der Waals surface area contributed by atoms with Crippen LogP contribution in [0.2, 0.25) is 0 Å². The maximum absolute atomic E-state index is 15.0. The average Bonchev–Trinajstić information content (AvgIpc) is 3.56. The van der Waals surface area contributed by atoms with Gasteiger partial charge in [-0.3, -0.25) is 4.68 Å². The largest absolute Gasteiger partial charge is 0.620 e. The Balaban J connectivity index is 0.00000308. The molecular formula is C27H24F5N6Y-. The van der Waals surface area contributed by atoms with Crippen LogP contribution in [0.4, 0.5) is 33.5 Å². The summed E-state index contributed by atoms with van der Waals surface area (Å²) in [5.41, 5.74) is 3.50. The molecule has 39 heavy (non-hydrogen) atoms. The van der Waals surface area contributed by atoms with Gasteiger partial charge in [0.1, 0.15) is 23.1 Å². The van der Waals surface area contributed by atoms with Gasteiger partial charge in [0.15, 0.2) is 0 Å². The smallest absolute Gasteiger partial charge is 0.419 e. The van der Waals surface area contributed by atoms with Gasteiger partial charge in [0.05, 0.1) is 16.6 Å². The number of fused-ring (bicyclic) bond motifs is 1. The number of benzene rings is 2. The summed E-state index contributed by atoms with van der Waals surface area (Å²) in [6.07, 6.45) is -1.48. The summed E-state index contributed by atoms with van der Waals surface area (Å²) in [7, 11) is 1.64. The van der Waals surface area contributed by atoms with E-state index >= 15 is 4.39 Å². The molecule has 0 N–H and O–H groups in total. The van der Waals surface area contributed by atoms with Crippen molar-refractivity contribution in [2.75, 3.05) is 24.5 Å². The van der Waals surface area contributed by atoms with E-state index in [-0.39, 0.29) is 43.9 Å². The van der Waals surface area contributed by atoms with E-state index in [1.807, 2.05) is 36.4 Å². The third kappa shape index (κ3) is 4.93. The van der Waals surface area contributed by atoms with E-state index in [9.17, 15) is 17.6 Å². The van der Waals surface area contributed by atoms with Gasteiger partial charge in [-0.15, -0.1) is 5.69 Å². The predicted molar refractivity (Wildman–Crippen MR) is 134 cm³/mol. The summed E-state index contributed by atoms with van der Waals surface area (Å²) < 4.78 is 71.1. The Morgan fingerprint density at radius 1 is 1.00 bits per heavy atom. The van der Waals surface area contributed by atoms with Crippen molar-refractivity contribution in [3.05, 3.63) is 76.8 Å². The van der Waals surface area contributed by atoms with Crippen LogP contribution in [0.3, 0.4) is 0 Å². The molecule has 1 aliphatic carbocycles. The number of piperazine rings is 1. The number of hydrogen-bond acceptors (Lipinski definition) is 4. The summed E-state index contributed by atoms with van der Waals surface area (Å²) in [6, 6.07) is 12.1. The van der Waals surface area contributed by atoms with Crippen LogP contribution < -0.4 is 4.90 Å². The molecule has 0 unspecified atom stereocenters. The first-order valence-corrected chi connectivity index (χ1v) is 12.3. The van der Waals surface area contributed by atoms with E-state index in [0.29, 0.717) is 30.1 Å². The van der Waals surface area contributed by atoms with Gasteiger partial charge in [0.2, 0.25) is 0 Å². The summed E-state index contributed by atoms with van der Waals surface area (Å²) in [4.78, 5) is 6.87. The fourth-order valence-electron chi connectivity index (χ4n) is 5.27. The summed E-state index contributed by atoms with van der Waals surface area (Å²) in [6.45, 7) is 3.13. The number of aryl methyl sites for hydroxylation is 1. The van der Waals surface area contributed by atoms with Gasteiger partial charge in [-0.05, 0) is 25.8 Å². The maximum Gasteiger partial charge on any atom is 0.419 e.